The van der Waals surface area contributed by atoms with Crippen molar-refractivity contribution in [3.8, 4) is 11.8 Å². The standard InChI is InChI=1S/C16H17N3O/c1-12-7-8-16(15(19-12)10-18-2)20-11-14-6-4-3-5-13(14)9-17/h3-8,18H,10-11H2,1-2H3. The van der Waals surface area contributed by atoms with E-state index < -0.39 is 0 Å². The Labute approximate surface area is 119 Å². The fraction of sp³-hybridized carbons (Fsp3) is 0.250. The third kappa shape index (κ3) is 3.34. The monoisotopic (exact) mass is 267 g/mol. The average molecular weight is 267 g/mol. The van der Waals surface area contributed by atoms with Gasteiger partial charge in [0.15, 0.2) is 0 Å². The number of benzene rings is 1. The zero-order valence-corrected chi connectivity index (χ0v) is 11.7. The van der Waals surface area contributed by atoms with Crippen LogP contribution < -0.4 is 10.1 Å². The number of pyridine rings is 1. The molecule has 0 aliphatic carbocycles. The molecule has 0 atom stereocenters. The zero-order valence-electron chi connectivity index (χ0n) is 11.7. The van der Waals surface area contributed by atoms with E-state index in [1.54, 1.807) is 6.07 Å². The first-order valence-electron chi connectivity index (χ1n) is 6.46. The van der Waals surface area contributed by atoms with Gasteiger partial charge in [-0.1, -0.05) is 18.2 Å². The number of nitrogens with zero attached hydrogens (tertiary/aromatic N) is 2. The van der Waals surface area contributed by atoms with Crippen molar-refractivity contribution >= 4 is 0 Å². The van der Waals surface area contributed by atoms with E-state index in [1.165, 1.54) is 0 Å². The van der Waals surface area contributed by atoms with Crippen LogP contribution >= 0.6 is 0 Å². The molecule has 4 heteroatoms. The van der Waals surface area contributed by atoms with E-state index >= 15 is 0 Å². The van der Waals surface area contributed by atoms with Crippen LogP contribution in [0.1, 0.15) is 22.5 Å². The fourth-order valence-electron chi connectivity index (χ4n) is 1.93. The Morgan fingerprint density at radius 2 is 2.05 bits per heavy atom. The second-order valence-corrected chi connectivity index (χ2v) is 4.49. The molecular weight excluding hydrogens is 250 g/mol. The third-order valence-electron chi connectivity index (χ3n) is 2.94. The van der Waals surface area contributed by atoms with E-state index in [9.17, 15) is 0 Å². The summed E-state index contributed by atoms with van der Waals surface area (Å²) in [6.45, 7) is 2.97. The summed E-state index contributed by atoms with van der Waals surface area (Å²) in [7, 11) is 1.87. The quantitative estimate of drug-likeness (QED) is 0.904. The van der Waals surface area contributed by atoms with E-state index in [2.05, 4.69) is 16.4 Å². The molecule has 0 fully saturated rings. The molecule has 1 N–H and O–H groups in total. The predicted octanol–water partition coefficient (Wildman–Crippen LogP) is 2.56. The molecule has 0 amide bonds. The zero-order chi connectivity index (χ0) is 14.4. The maximum Gasteiger partial charge on any atom is 0.142 e. The molecule has 0 saturated carbocycles. The number of hydrogen-bond acceptors (Lipinski definition) is 4. The van der Waals surface area contributed by atoms with Crippen molar-refractivity contribution in [2.45, 2.75) is 20.1 Å². The van der Waals surface area contributed by atoms with Gasteiger partial charge in [-0.2, -0.15) is 5.26 Å². The van der Waals surface area contributed by atoms with Crippen LogP contribution in [0.3, 0.4) is 0 Å². The minimum atomic E-state index is 0.366. The fourth-order valence-corrected chi connectivity index (χ4v) is 1.93. The number of hydrogen-bond donors (Lipinski definition) is 1. The van der Waals surface area contributed by atoms with Gasteiger partial charge in [-0.25, -0.2) is 0 Å². The summed E-state index contributed by atoms with van der Waals surface area (Å²) in [5, 5.41) is 12.1. The molecular formula is C16H17N3O. The Balaban J connectivity index is 2.17. The van der Waals surface area contributed by atoms with E-state index in [1.807, 2.05) is 44.3 Å². The Hall–Kier alpha value is -2.38. The highest BCUT2D eigenvalue weighted by atomic mass is 16.5. The lowest BCUT2D eigenvalue weighted by atomic mass is 10.1. The minimum absolute atomic E-state index is 0.366. The van der Waals surface area contributed by atoms with Crippen LogP contribution in [0.5, 0.6) is 5.75 Å². The molecule has 0 aliphatic rings. The van der Waals surface area contributed by atoms with Gasteiger partial charge in [-0.05, 0) is 32.2 Å². The molecule has 2 aromatic rings. The van der Waals surface area contributed by atoms with Crippen LogP contribution in [0.25, 0.3) is 0 Å². The Kier molecular flexibility index (Phi) is 4.70. The maximum atomic E-state index is 9.06. The summed E-state index contributed by atoms with van der Waals surface area (Å²) >= 11 is 0. The van der Waals surface area contributed by atoms with E-state index in [0.29, 0.717) is 18.7 Å². The third-order valence-corrected chi connectivity index (χ3v) is 2.94. The van der Waals surface area contributed by atoms with Crippen LogP contribution in [0.15, 0.2) is 36.4 Å². The molecule has 2 rings (SSSR count). The SMILES string of the molecule is CNCc1nc(C)ccc1OCc1ccccc1C#N. The van der Waals surface area contributed by atoms with Crippen molar-refractivity contribution in [1.82, 2.24) is 10.3 Å². The number of aromatic nitrogens is 1. The first kappa shape index (κ1) is 14.0. The molecule has 1 aromatic carbocycles. The molecule has 102 valence electrons. The second-order valence-electron chi connectivity index (χ2n) is 4.49. The number of nitriles is 1. The van der Waals surface area contributed by atoms with Crippen LogP contribution in [0, 0.1) is 18.3 Å². The Morgan fingerprint density at radius 3 is 2.80 bits per heavy atom. The molecule has 0 saturated heterocycles. The minimum Gasteiger partial charge on any atom is -0.487 e. The summed E-state index contributed by atoms with van der Waals surface area (Å²) in [6, 6.07) is 13.5. The second kappa shape index (κ2) is 6.69. The van der Waals surface area contributed by atoms with Crippen LogP contribution in [0.2, 0.25) is 0 Å². The van der Waals surface area contributed by atoms with Gasteiger partial charge in [0.2, 0.25) is 0 Å². The lowest BCUT2D eigenvalue weighted by Gasteiger charge is -2.12. The van der Waals surface area contributed by atoms with Crippen LogP contribution in [0.4, 0.5) is 0 Å². The van der Waals surface area contributed by atoms with Crippen molar-refractivity contribution in [1.29, 1.82) is 5.26 Å². The van der Waals surface area contributed by atoms with E-state index in [0.717, 1.165) is 22.7 Å². The van der Waals surface area contributed by atoms with E-state index in [-0.39, 0.29) is 0 Å². The Bertz CT molecular complexity index is 632. The normalized spacial score (nSPS) is 10.1. The van der Waals surface area contributed by atoms with E-state index in [4.69, 9.17) is 10.00 Å². The number of nitrogens with one attached hydrogen (secondary N) is 1. The number of rotatable bonds is 5. The molecule has 0 bridgehead atoms. The van der Waals surface area contributed by atoms with Crippen molar-refractivity contribution in [2.75, 3.05) is 7.05 Å². The average Bonchev–Trinajstić information content (AvgIpc) is 2.47. The molecule has 20 heavy (non-hydrogen) atoms. The van der Waals surface area contributed by atoms with Gasteiger partial charge in [0.25, 0.3) is 0 Å². The van der Waals surface area contributed by atoms with Gasteiger partial charge >= 0.3 is 0 Å². The van der Waals surface area contributed by atoms with Gasteiger partial charge in [0.1, 0.15) is 12.4 Å². The summed E-state index contributed by atoms with van der Waals surface area (Å²) < 4.78 is 5.82. The molecule has 1 aromatic heterocycles. The first-order valence-corrected chi connectivity index (χ1v) is 6.46. The highest BCUT2D eigenvalue weighted by Gasteiger charge is 2.07. The molecule has 1 heterocycles. The molecule has 0 radical (unpaired) electrons. The lowest BCUT2D eigenvalue weighted by molar-refractivity contribution is 0.300. The smallest absolute Gasteiger partial charge is 0.142 e. The topological polar surface area (TPSA) is 57.9 Å². The first-order chi connectivity index (χ1) is 9.74. The summed E-state index contributed by atoms with van der Waals surface area (Å²) in [6.07, 6.45) is 0. The number of ether oxygens (including phenoxy) is 1. The molecule has 0 aliphatic heterocycles. The maximum absolute atomic E-state index is 9.06. The summed E-state index contributed by atoms with van der Waals surface area (Å²) in [5.41, 5.74) is 3.36. The molecule has 0 unspecified atom stereocenters. The highest BCUT2D eigenvalue weighted by molar-refractivity contribution is 5.37. The van der Waals surface area contributed by atoms with Gasteiger partial charge in [0, 0.05) is 17.8 Å². The molecule has 4 nitrogen and oxygen atoms in total. The van der Waals surface area contributed by atoms with Gasteiger partial charge in [0.05, 0.1) is 17.3 Å². The van der Waals surface area contributed by atoms with Crippen molar-refractivity contribution in [3.05, 3.63) is 58.9 Å². The largest absolute Gasteiger partial charge is 0.487 e. The van der Waals surface area contributed by atoms with Crippen molar-refractivity contribution in [3.63, 3.8) is 0 Å². The highest BCUT2D eigenvalue weighted by Crippen LogP contribution is 2.19. The number of aryl methyl sites for hydroxylation is 1. The van der Waals surface area contributed by atoms with Crippen molar-refractivity contribution in [2.24, 2.45) is 0 Å². The molecule has 0 spiro atoms. The van der Waals surface area contributed by atoms with Gasteiger partial charge in [-0.15, -0.1) is 0 Å². The predicted molar refractivity (Wildman–Crippen MR) is 77.2 cm³/mol. The summed E-state index contributed by atoms with van der Waals surface area (Å²) in [4.78, 5) is 4.47. The Morgan fingerprint density at radius 1 is 1.25 bits per heavy atom. The van der Waals surface area contributed by atoms with Crippen LogP contribution in [-0.4, -0.2) is 12.0 Å². The summed E-state index contributed by atoms with van der Waals surface area (Å²) in [5.74, 6) is 0.748. The van der Waals surface area contributed by atoms with Crippen LogP contribution in [-0.2, 0) is 13.2 Å². The van der Waals surface area contributed by atoms with Crippen molar-refractivity contribution < 1.29 is 4.74 Å². The van der Waals surface area contributed by atoms with Gasteiger partial charge < -0.3 is 10.1 Å². The van der Waals surface area contributed by atoms with Gasteiger partial charge in [-0.3, -0.25) is 4.98 Å². The lowest BCUT2D eigenvalue weighted by Crippen LogP contribution is -2.10.